The molecule has 5 heteroatoms. The number of amides is 2. The van der Waals surface area contributed by atoms with Crippen LogP contribution in [0.25, 0.3) is 0 Å². The lowest BCUT2D eigenvalue weighted by molar-refractivity contribution is 0.0879. The standard InChI is InChI=1S/C14H13N3O2/c1-17-5-4-9(8-17)7-15-10-2-3-11-12(6-10)14(19)16-13(11)18/h2-6,8,15H,7H2,1H3,(H,16,18,19). The molecule has 0 atom stereocenters. The molecule has 5 nitrogen and oxygen atoms in total. The van der Waals surface area contributed by atoms with Crippen LogP contribution in [0.3, 0.4) is 0 Å². The van der Waals surface area contributed by atoms with Crippen LogP contribution in [0, 0.1) is 0 Å². The molecule has 0 bridgehead atoms. The van der Waals surface area contributed by atoms with Crippen LogP contribution in [0.5, 0.6) is 0 Å². The van der Waals surface area contributed by atoms with Gasteiger partial charge in [-0.2, -0.15) is 0 Å². The Morgan fingerprint density at radius 2 is 1.95 bits per heavy atom. The van der Waals surface area contributed by atoms with E-state index < -0.39 is 0 Å². The molecule has 2 amide bonds. The number of rotatable bonds is 3. The summed E-state index contributed by atoms with van der Waals surface area (Å²) < 4.78 is 1.98. The van der Waals surface area contributed by atoms with Gasteiger partial charge in [0.15, 0.2) is 0 Å². The van der Waals surface area contributed by atoms with Gasteiger partial charge in [-0.15, -0.1) is 0 Å². The third-order valence-corrected chi connectivity index (χ3v) is 3.13. The van der Waals surface area contributed by atoms with E-state index >= 15 is 0 Å². The topological polar surface area (TPSA) is 63.1 Å². The molecule has 1 aliphatic heterocycles. The first-order valence-corrected chi connectivity index (χ1v) is 5.98. The van der Waals surface area contributed by atoms with E-state index in [1.807, 2.05) is 30.1 Å². The molecule has 0 aliphatic carbocycles. The molecule has 19 heavy (non-hydrogen) atoms. The summed E-state index contributed by atoms with van der Waals surface area (Å²) in [5.74, 6) is -0.655. The minimum Gasteiger partial charge on any atom is -0.381 e. The molecule has 0 unspecified atom stereocenters. The van der Waals surface area contributed by atoms with Crippen LogP contribution < -0.4 is 10.6 Å². The van der Waals surface area contributed by atoms with Gasteiger partial charge in [-0.3, -0.25) is 14.9 Å². The first-order valence-electron chi connectivity index (χ1n) is 5.98. The van der Waals surface area contributed by atoms with Gasteiger partial charge in [-0.1, -0.05) is 0 Å². The van der Waals surface area contributed by atoms with E-state index in [9.17, 15) is 9.59 Å². The minimum absolute atomic E-state index is 0.324. The normalized spacial score (nSPS) is 13.3. The van der Waals surface area contributed by atoms with Crippen LogP contribution in [-0.2, 0) is 13.6 Å². The molecule has 3 rings (SSSR count). The number of nitrogens with zero attached hydrogens (tertiary/aromatic N) is 1. The summed E-state index contributed by atoms with van der Waals surface area (Å²) in [5.41, 5.74) is 2.86. The van der Waals surface area contributed by atoms with Crippen LogP contribution in [0.1, 0.15) is 26.3 Å². The fraction of sp³-hybridized carbons (Fsp3) is 0.143. The molecule has 1 aliphatic rings. The molecule has 2 N–H and O–H groups in total. The molecule has 2 aromatic rings. The predicted octanol–water partition coefficient (Wildman–Crippen LogP) is 1.52. The molecule has 0 spiro atoms. The summed E-state index contributed by atoms with van der Waals surface area (Å²) in [4.78, 5) is 23.0. The highest BCUT2D eigenvalue weighted by molar-refractivity contribution is 6.21. The zero-order valence-corrected chi connectivity index (χ0v) is 10.4. The minimum atomic E-state index is -0.330. The van der Waals surface area contributed by atoms with Crippen LogP contribution >= 0.6 is 0 Å². The van der Waals surface area contributed by atoms with Crippen LogP contribution in [0.2, 0.25) is 0 Å². The Hall–Kier alpha value is -2.56. The third-order valence-electron chi connectivity index (χ3n) is 3.13. The quantitative estimate of drug-likeness (QED) is 0.817. The van der Waals surface area contributed by atoms with Crippen molar-refractivity contribution in [3.05, 3.63) is 53.3 Å². The number of hydrogen-bond donors (Lipinski definition) is 2. The molecule has 0 saturated heterocycles. The molecule has 1 aromatic heterocycles. The average Bonchev–Trinajstić information content (AvgIpc) is 2.92. The number of benzene rings is 1. The number of imide groups is 1. The highest BCUT2D eigenvalue weighted by atomic mass is 16.2. The number of aryl methyl sites for hydroxylation is 1. The fourth-order valence-electron chi connectivity index (χ4n) is 2.15. The Bertz CT molecular complexity index is 673. The molecule has 96 valence electrons. The molecule has 0 fully saturated rings. The van der Waals surface area contributed by atoms with E-state index in [-0.39, 0.29) is 11.8 Å². The first-order chi connectivity index (χ1) is 9.13. The van der Waals surface area contributed by atoms with Gasteiger partial charge in [-0.05, 0) is 29.8 Å². The largest absolute Gasteiger partial charge is 0.381 e. The fourth-order valence-corrected chi connectivity index (χ4v) is 2.15. The van der Waals surface area contributed by atoms with E-state index in [0.717, 1.165) is 11.3 Å². The maximum Gasteiger partial charge on any atom is 0.259 e. The summed E-state index contributed by atoms with van der Waals surface area (Å²) in [7, 11) is 1.97. The molecule has 2 heterocycles. The van der Waals surface area contributed by atoms with Crippen molar-refractivity contribution < 1.29 is 9.59 Å². The maximum absolute atomic E-state index is 11.5. The summed E-state index contributed by atoms with van der Waals surface area (Å²) >= 11 is 0. The molecule has 0 saturated carbocycles. The molecule has 1 aromatic carbocycles. The Morgan fingerprint density at radius 3 is 2.68 bits per heavy atom. The van der Waals surface area contributed by atoms with Gasteiger partial charge in [0.25, 0.3) is 11.8 Å². The highest BCUT2D eigenvalue weighted by Gasteiger charge is 2.26. The van der Waals surface area contributed by atoms with E-state index in [1.165, 1.54) is 0 Å². The zero-order valence-electron chi connectivity index (χ0n) is 10.4. The van der Waals surface area contributed by atoms with Crippen molar-refractivity contribution in [3.63, 3.8) is 0 Å². The number of carbonyl (C=O) groups excluding carboxylic acids is 2. The van der Waals surface area contributed by atoms with Crippen molar-refractivity contribution in [3.8, 4) is 0 Å². The predicted molar refractivity (Wildman–Crippen MR) is 71.0 cm³/mol. The van der Waals surface area contributed by atoms with Gasteiger partial charge < -0.3 is 9.88 Å². The zero-order chi connectivity index (χ0) is 13.4. The van der Waals surface area contributed by atoms with E-state index in [1.54, 1.807) is 18.2 Å². The van der Waals surface area contributed by atoms with Gasteiger partial charge in [0.2, 0.25) is 0 Å². The van der Waals surface area contributed by atoms with Crippen LogP contribution in [-0.4, -0.2) is 16.4 Å². The summed E-state index contributed by atoms with van der Waals surface area (Å²) in [6.07, 6.45) is 4.00. The third kappa shape index (κ3) is 2.10. The van der Waals surface area contributed by atoms with Gasteiger partial charge in [0.1, 0.15) is 0 Å². The van der Waals surface area contributed by atoms with Crippen molar-refractivity contribution in [1.29, 1.82) is 0 Å². The van der Waals surface area contributed by atoms with Crippen LogP contribution in [0.4, 0.5) is 5.69 Å². The van der Waals surface area contributed by atoms with E-state index in [2.05, 4.69) is 10.6 Å². The van der Waals surface area contributed by atoms with E-state index in [0.29, 0.717) is 17.7 Å². The van der Waals surface area contributed by atoms with Crippen molar-refractivity contribution in [2.24, 2.45) is 7.05 Å². The second-order valence-electron chi connectivity index (χ2n) is 4.58. The van der Waals surface area contributed by atoms with Crippen molar-refractivity contribution in [2.75, 3.05) is 5.32 Å². The number of carbonyl (C=O) groups is 2. The van der Waals surface area contributed by atoms with Crippen molar-refractivity contribution >= 4 is 17.5 Å². The summed E-state index contributed by atoms with van der Waals surface area (Å²) in [6, 6.07) is 7.21. The van der Waals surface area contributed by atoms with Gasteiger partial charge in [0.05, 0.1) is 11.1 Å². The summed E-state index contributed by atoms with van der Waals surface area (Å²) in [6.45, 7) is 0.676. The Morgan fingerprint density at radius 1 is 1.16 bits per heavy atom. The monoisotopic (exact) mass is 255 g/mol. The lowest BCUT2D eigenvalue weighted by atomic mass is 10.1. The Kier molecular flexibility index (Phi) is 2.59. The van der Waals surface area contributed by atoms with Crippen molar-refractivity contribution in [1.82, 2.24) is 9.88 Å². The first kappa shape index (κ1) is 11.5. The number of aromatic nitrogens is 1. The second-order valence-corrected chi connectivity index (χ2v) is 4.58. The number of nitrogens with one attached hydrogen (secondary N) is 2. The molecular formula is C14H13N3O2. The average molecular weight is 255 g/mol. The Balaban J connectivity index is 1.78. The van der Waals surface area contributed by atoms with Gasteiger partial charge in [0, 0.05) is 31.7 Å². The number of hydrogen-bond acceptors (Lipinski definition) is 3. The molecular weight excluding hydrogens is 242 g/mol. The smallest absolute Gasteiger partial charge is 0.259 e. The lowest BCUT2D eigenvalue weighted by Gasteiger charge is -2.06. The highest BCUT2D eigenvalue weighted by Crippen LogP contribution is 2.20. The number of anilines is 1. The maximum atomic E-state index is 11.5. The number of fused-ring (bicyclic) bond motifs is 1. The van der Waals surface area contributed by atoms with Crippen LogP contribution in [0.15, 0.2) is 36.7 Å². The summed E-state index contributed by atoms with van der Waals surface area (Å²) in [5, 5.41) is 5.51. The van der Waals surface area contributed by atoms with E-state index in [4.69, 9.17) is 0 Å². The van der Waals surface area contributed by atoms with Gasteiger partial charge >= 0.3 is 0 Å². The lowest BCUT2D eigenvalue weighted by Crippen LogP contribution is -2.19. The SMILES string of the molecule is Cn1ccc(CNc2ccc3c(c2)C(=O)NC3=O)c1. The van der Waals surface area contributed by atoms with Gasteiger partial charge in [-0.25, -0.2) is 0 Å². The molecule has 0 radical (unpaired) electrons. The second kappa shape index (κ2) is 4.28. The Labute approximate surface area is 110 Å². The van der Waals surface area contributed by atoms with Crippen molar-refractivity contribution in [2.45, 2.75) is 6.54 Å².